The Morgan fingerprint density at radius 3 is 1.89 bits per heavy atom. The van der Waals surface area contributed by atoms with E-state index >= 15 is 0 Å². The monoisotopic (exact) mass is 255 g/mol. The summed E-state index contributed by atoms with van der Waals surface area (Å²) < 4.78 is 0. The third-order valence-corrected chi connectivity index (χ3v) is 2.84. The number of piperazine rings is 1. The van der Waals surface area contributed by atoms with Gasteiger partial charge in [0, 0.05) is 38.3 Å². The Morgan fingerprint density at radius 2 is 1.50 bits per heavy atom. The molecule has 0 aromatic heterocycles. The number of carbonyl (C=O) groups is 1. The molecule has 1 rings (SSSR count). The van der Waals surface area contributed by atoms with E-state index in [9.17, 15) is 4.79 Å². The number of amides is 2. The zero-order valence-corrected chi connectivity index (χ0v) is 12.8. The lowest BCUT2D eigenvalue weighted by molar-refractivity contribution is 0.110. The number of carbonyl (C=O) groups excluding carboxylic acids is 1. The van der Waals surface area contributed by atoms with Gasteiger partial charge in [-0.2, -0.15) is 0 Å². The summed E-state index contributed by atoms with van der Waals surface area (Å²) in [4.78, 5) is 16.4. The van der Waals surface area contributed by atoms with Crippen molar-refractivity contribution >= 4 is 6.03 Å². The SMILES string of the molecule is CC(C)(C)CN1CCN(C(=O)NC(C)(C)C)CC1. The van der Waals surface area contributed by atoms with E-state index in [4.69, 9.17) is 0 Å². The van der Waals surface area contributed by atoms with Crippen LogP contribution in [0.5, 0.6) is 0 Å². The molecule has 1 fully saturated rings. The summed E-state index contributed by atoms with van der Waals surface area (Å²) in [6.45, 7) is 17.5. The Morgan fingerprint density at radius 1 is 1.00 bits per heavy atom. The van der Waals surface area contributed by atoms with E-state index < -0.39 is 0 Å². The fourth-order valence-corrected chi connectivity index (χ4v) is 2.18. The minimum Gasteiger partial charge on any atom is -0.333 e. The number of rotatable bonds is 1. The highest BCUT2D eigenvalue weighted by atomic mass is 16.2. The van der Waals surface area contributed by atoms with Gasteiger partial charge in [-0.25, -0.2) is 4.79 Å². The zero-order valence-electron chi connectivity index (χ0n) is 12.8. The van der Waals surface area contributed by atoms with Crippen LogP contribution in [0.1, 0.15) is 41.5 Å². The average molecular weight is 255 g/mol. The van der Waals surface area contributed by atoms with E-state index in [1.165, 1.54) is 0 Å². The van der Waals surface area contributed by atoms with Gasteiger partial charge in [-0.05, 0) is 26.2 Å². The summed E-state index contributed by atoms with van der Waals surface area (Å²) in [5.74, 6) is 0. The van der Waals surface area contributed by atoms with Crippen LogP contribution < -0.4 is 5.32 Å². The third kappa shape index (κ3) is 5.71. The Hall–Kier alpha value is -0.770. The minimum atomic E-state index is -0.153. The predicted molar refractivity (Wildman–Crippen MR) is 75.8 cm³/mol. The van der Waals surface area contributed by atoms with Crippen molar-refractivity contribution in [2.75, 3.05) is 32.7 Å². The van der Waals surface area contributed by atoms with Crippen molar-refractivity contribution in [1.82, 2.24) is 15.1 Å². The van der Waals surface area contributed by atoms with Crippen LogP contribution in [0.2, 0.25) is 0 Å². The molecule has 0 aromatic rings. The second kappa shape index (κ2) is 5.47. The Bertz CT molecular complexity index is 280. The van der Waals surface area contributed by atoms with Crippen molar-refractivity contribution in [2.24, 2.45) is 5.41 Å². The maximum atomic E-state index is 12.0. The largest absolute Gasteiger partial charge is 0.333 e. The van der Waals surface area contributed by atoms with Gasteiger partial charge in [0.05, 0.1) is 0 Å². The van der Waals surface area contributed by atoms with Crippen LogP contribution >= 0.6 is 0 Å². The fraction of sp³-hybridized carbons (Fsp3) is 0.929. The predicted octanol–water partition coefficient (Wildman–Crippen LogP) is 2.16. The Balaban J connectivity index is 2.37. The second-order valence-corrected chi connectivity index (χ2v) is 7.50. The molecule has 18 heavy (non-hydrogen) atoms. The molecule has 4 heteroatoms. The van der Waals surface area contributed by atoms with Gasteiger partial charge in [0.2, 0.25) is 0 Å². The van der Waals surface area contributed by atoms with Crippen LogP contribution in [0, 0.1) is 5.41 Å². The summed E-state index contributed by atoms with van der Waals surface area (Å²) in [6.07, 6.45) is 0. The molecule has 0 atom stereocenters. The fourth-order valence-electron chi connectivity index (χ4n) is 2.18. The molecule has 1 heterocycles. The quantitative estimate of drug-likeness (QED) is 0.779. The third-order valence-electron chi connectivity index (χ3n) is 2.84. The van der Waals surface area contributed by atoms with E-state index in [1.807, 2.05) is 25.7 Å². The lowest BCUT2D eigenvalue weighted by Gasteiger charge is -2.38. The molecule has 1 aliphatic heterocycles. The van der Waals surface area contributed by atoms with Crippen molar-refractivity contribution in [1.29, 1.82) is 0 Å². The van der Waals surface area contributed by atoms with Gasteiger partial charge in [0.25, 0.3) is 0 Å². The van der Waals surface area contributed by atoms with Gasteiger partial charge in [0.15, 0.2) is 0 Å². The summed E-state index contributed by atoms with van der Waals surface area (Å²) in [6, 6.07) is 0.0675. The van der Waals surface area contributed by atoms with Gasteiger partial charge >= 0.3 is 6.03 Å². The number of hydrogen-bond acceptors (Lipinski definition) is 2. The lowest BCUT2D eigenvalue weighted by atomic mass is 9.96. The highest BCUT2D eigenvalue weighted by Gasteiger charge is 2.25. The van der Waals surface area contributed by atoms with Crippen molar-refractivity contribution < 1.29 is 4.79 Å². The number of hydrogen-bond donors (Lipinski definition) is 1. The summed E-state index contributed by atoms with van der Waals surface area (Å²) in [7, 11) is 0. The van der Waals surface area contributed by atoms with Gasteiger partial charge in [-0.3, -0.25) is 4.90 Å². The number of nitrogens with one attached hydrogen (secondary N) is 1. The van der Waals surface area contributed by atoms with E-state index in [2.05, 4.69) is 31.0 Å². The first-order chi connectivity index (χ1) is 8.07. The molecule has 0 spiro atoms. The zero-order chi connectivity index (χ0) is 14.0. The van der Waals surface area contributed by atoms with Gasteiger partial charge in [-0.1, -0.05) is 20.8 Å². The molecule has 0 aliphatic carbocycles. The van der Waals surface area contributed by atoms with Crippen molar-refractivity contribution in [3.8, 4) is 0 Å². The first kappa shape index (κ1) is 15.3. The first-order valence-corrected chi connectivity index (χ1v) is 6.86. The van der Waals surface area contributed by atoms with Crippen molar-refractivity contribution in [2.45, 2.75) is 47.1 Å². The summed E-state index contributed by atoms with van der Waals surface area (Å²) in [5.41, 5.74) is 0.176. The first-order valence-electron chi connectivity index (χ1n) is 6.86. The molecule has 0 saturated carbocycles. The molecule has 2 amide bonds. The van der Waals surface area contributed by atoms with Crippen molar-refractivity contribution in [3.05, 3.63) is 0 Å². The van der Waals surface area contributed by atoms with E-state index in [0.717, 1.165) is 32.7 Å². The molecule has 1 aliphatic rings. The summed E-state index contributed by atoms with van der Waals surface area (Å²) in [5, 5.41) is 3.02. The Kier molecular flexibility index (Phi) is 4.65. The number of nitrogens with zero attached hydrogens (tertiary/aromatic N) is 2. The van der Waals surface area contributed by atoms with E-state index in [-0.39, 0.29) is 11.6 Å². The van der Waals surface area contributed by atoms with Crippen LogP contribution in [0.4, 0.5) is 4.79 Å². The molecule has 0 aromatic carbocycles. The molecule has 1 saturated heterocycles. The second-order valence-electron chi connectivity index (χ2n) is 7.50. The minimum absolute atomic E-state index is 0.0675. The topological polar surface area (TPSA) is 35.6 Å². The molecule has 1 N–H and O–H groups in total. The molecule has 4 nitrogen and oxygen atoms in total. The van der Waals surface area contributed by atoms with E-state index in [0.29, 0.717) is 5.41 Å². The number of urea groups is 1. The van der Waals surface area contributed by atoms with Gasteiger partial charge in [-0.15, -0.1) is 0 Å². The van der Waals surface area contributed by atoms with Crippen LogP contribution in [-0.2, 0) is 0 Å². The van der Waals surface area contributed by atoms with Crippen LogP contribution in [-0.4, -0.2) is 54.1 Å². The van der Waals surface area contributed by atoms with Gasteiger partial charge in [0.1, 0.15) is 0 Å². The molecular formula is C14H29N3O. The normalized spacial score (nSPS) is 18.9. The molecule has 0 unspecified atom stereocenters. The van der Waals surface area contributed by atoms with Crippen LogP contribution in [0.15, 0.2) is 0 Å². The highest BCUT2D eigenvalue weighted by Crippen LogP contribution is 2.16. The van der Waals surface area contributed by atoms with Gasteiger partial charge < -0.3 is 10.2 Å². The smallest absolute Gasteiger partial charge is 0.317 e. The van der Waals surface area contributed by atoms with Crippen LogP contribution in [0.3, 0.4) is 0 Å². The highest BCUT2D eigenvalue weighted by molar-refractivity contribution is 5.75. The van der Waals surface area contributed by atoms with Crippen LogP contribution in [0.25, 0.3) is 0 Å². The van der Waals surface area contributed by atoms with E-state index in [1.54, 1.807) is 0 Å². The lowest BCUT2D eigenvalue weighted by Crippen LogP contribution is -2.55. The Labute approximate surface area is 112 Å². The molecule has 0 radical (unpaired) electrons. The maximum absolute atomic E-state index is 12.0. The van der Waals surface area contributed by atoms with Crippen molar-refractivity contribution in [3.63, 3.8) is 0 Å². The standard InChI is InChI=1S/C14H29N3O/c1-13(2,3)11-16-7-9-17(10-8-16)12(18)15-14(4,5)6/h7-11H2,1-6H3,(H,15,18). The maximum Gasteiger partial charge on any atom is 0.317 e. The molecule has 0 bridgehead atoms. The molecule has 106 valence electrons. The summed E-state index contributed by atoms with van der Waals surface area (Å²) >= 11 is 0. The average Bonchev–Trinajstić information content (AvgIpc) is 2.13. The molecular weight excluding hydrogens is 226 g/mol.